The summed E-state index contributed by atoms with van der Waals surface area (Å²) in [5, 5.41) is 30.3. The fraction of sp³-hybridized carbons (Fsp3) is 0.700. The zero-order valence-corrected chi connectivity index (χ0v) is 15.1. The van der Waals surface area contributed by atoms with Crippen LogP contribution in [0.3, 0.4) is 0 Å². The van der Waals surface area contributed by atoms with E-state index in [0.29, 0.717) is 12.6 Å². The van der Waals surface area contributed by atoms with E-state index in [1.807, 2.05) is 0 Å². The third-order valence-electron chi connectivity index (χ3n) is 5.99. The van der Waals surface area contributed by atoms with E-state index in [1.165, 1.54) is 16.0 Å². The Kier molecular flexibility index (Phi) is 5.03. The molecule has 6 atom stereocenters. The molecule has 2 aliphatic rings. The average molecular weight is 334 g/mol. The summed E-state index contributed by atoms with van der Waals surface area (Å²) in [6, 6.07) is 9.07. The first-order chi connectivity index (χ1) is 11.3. The number of fused-ring (bicyclic) bond motifs is 1. The van der Waals surface area contributed by atoms with Crippen LogP contribution in [-0.2, 0) is 11.8 Å². The minimum Gasteiger partial charge on any atom is -0.387 e. The molecule has 0 saturated carbocycles. The lowest BCUT2D eigenvalue weighted by Crippen LogP contribution is -3.20. The van der Waals surface area contributed by atoms with Gasteiger partial charge in [0.25, 0.3) is 0 Å². The van der Waals surface area contributed by atoms with Crippen LogP contribution in [-0.4, -0.2) is 52.3 Å². The second-order valence-electron chi connectivity index (χ2n) is 8.69. The lowest BCUT2D eigenvalue weighted by Gasteiger charge is -2.38. The van der Waals surface area contributed by atoms with E-state index in [0.717, 1.165) is 25.7 Å². The monoisotopic (exact) mass is 334 g/mol. The summed E-state index contributed by atoms with van der Waals surface area (Å²) in [5.41, 5.74) is 2.87. The van der Waals surface area contributed by atoms with Crippen molar-refractivity contribution in [2.75, 3.05) is 6.54 Å². The van der Waals surface area contributed by atoms with Gasteiger partial charge in [0.1, 0.15) is 30.9 Å². The predicted octanol–water partition coefficient (Wildman–Crippen LogP) is 0.429. The normalized spacial score (nSPS) is 36.6. The fourth-order valence-corrected chi connectivity index (χ4v) is 4.45. The Morgan fingerprint density at radius 3 is 2.29 bits per heavy atom. The second-order valence-corrected chi connectivity index (χ2v) is 8.69. The highest BCUT2D eigenvalue weighted by Gasteiger charge is 2.52. The molecule has 0 spiro atoms. The Balaban J connectivity index is 1.62. The van der Waals surface area contributed by atoms with Crippen molar-refractivity contribution in [1.82, 2.24) is 0 Å². The molecule has 4 nitrogen and oxygen atoms in total. The Hall–Kier alpha value is -0.940. The highest BCUT2D eigenvalue weighted by molar-refractivity contribution is 5.27. The Bertz CT molecular complexity index is 551. The molecular formula is C20H32NO3+. The predicted molar refractivity (Wildman–Crippen MR) is 94.1 cm³/mol. The van der Waals surface area contributed by atoms with Crippen LogP contribution >= 0.6 is 0 Å². The van der Waals surface area contributed by atoms with Gasteiger partial charge in [-0.3, -0.25) is 0 Å². The molecule has 1 aromatic rings. The molecule has 1 aromatic carbocycles. The molecule has 2 fully saturated rings. The van der Waals surface area contributed by atoms with Crippen LogP contribution in [0.2, 0.25) is 0 Å². The standard InChI is InChI=1S/C20H31NO3/c1-20(2,3)14-7-4-13(5-8-14)6-9-15-10-11-16(22)18-19(24)17(23)12-21(15)18/h4-5,7-8,15-19,22-24H,6,9-12H2,1-3H3/p+1/t15-,16-,17-,18-,19-/m1/s1. The zero-order chi connectivity index (χ0) is 17.5. The van der Waals surface area contributed by atoms with E-state index in [9.17, 15) is 15.3 Å². The maximum absolute atomic E-state index is 10.2. The van der Waals surface area contributed by atoms with E-state index < -0.39 is 18.3 Å². The average Bonchev–Trinajstić information content (AvgIpc) is 2.83. The van der Waals surface area contributed by atoms with Crippen LogP contribution in [0.1, 0.15) is 51.2 Å². The maximum atomic E-state index is 10.2. The summed E-state index contributed by atoms with van der Waals surface area (Å²) in [5.74, 6) is 0. The van der Waals surface area contributed by atoms with Gasteiger partial charge in [-0.15, -0.1) is 0 Å². The summed E-state index contributed by atoms with van der Waals surface area (Å²) in [4.78, 5) is 1.19. The van der Waals surface area contributed by atoms with Crippen molar-refractivity contribution in [3.8, 4) is 0 Å². The minimum atomic E-state index is -0.788. The van der Waals surface area contributed by atoms with Crippen LogP contribution < -0.4 is 4.90 Å². The summed E-state index contributed by atoms with van der Waals surface area (Å²) < 4.78 is 0. The molecule has 2 heterocycles. The molecule has 2 aliphatic heterocycles. The third-order valence-corrected chi connectivity index (χ3v) is 5.99. The van der Waals surface area contributed by atoms with Gasteiger partial charge < -0.3 is 20.2 Å². The molecule has 4 heteroatoms. The Labute approximate surface area is 145 Å². The number of aryl methyl sites for hydroxylation is 1. The highest BCUT2D eigenvalue weighted by atomic mass is 16.3. The first-order valence-corrected chi connectivity index (χ1v) is 9.26. The van der Waals surface area contributed by atoms with Crippen LogP contribution in [0, 0.1) is 0 Å². The summed E-state index contributed by atoms with van der Waals surface area (Å²) in [6.07, 6.45) is 1.75. The Morgan fingerprint density at radius 2 is 1.67 bits per heavy atom. The Morgan fingerprint density at radius 1 is 1.00 bits per heavy atom. The molecule has 0 radical (unpaired) electrons. The van der Waals surface area contributed by atoms with E-state index in [1.54, 1.807) is 0 Å². The van der Waals surface area contributed by atoms with Crippen molar-refractivity contribution in [2.24, 2.45) is 0 Å². The number of aliphatic hydroxyl groups excluding tert-OH is 3. The molecule has 0 bridgehead atoms. The number of quaternary nitrogens is 1. The fourth-order valence-electron chi connectivity index (χ4n) is 4.45. The van der Waals surface area contributed by atoms with Crippen LogP contribution in [0.5, 0.6) is 0 Å². The molecular weight excluding hydrogens is 302 g/mol. The van der Waals surface area contributed by atoms with E-state index in [-0.39, 0.29) is 11.5 Å². The SMILES string of the molecule is CC(C)(C)c1ccc(CC[C@@H]2CC[C@@H](O)[C@@H]3[C@H](O)[C@H](O)C[NH+]23)cc1. The van der Waals surface area contributed by atoms with Gasteiger partial charge in [-0.05, 0) is 29.4 Å². The van der Waals surface area contributed by atoms with Gasteiger partial charge in [0.05, 0.1) is 6.04 Å². The first kappa shape index (κ1) is 17.9. The highest BCUT2D eigenvalue weighted by Crippen LogP contribution is 2.24. The zero-order valence-electron chi connectivity index (χ0n) is 15.1. The number of benzene rings is 1. The van der Waals surface area contributed by atoms with Gasteiger partial charge >= 0.3 is 0 Å². The van der Waals surface area contributed by atoms with E-state index >= 15 is 0 Å². The van der Waals surface area contributed by atoms with E-state index in [4.69, 9.17) is 0 Å². The van der Waals surface area contributed by atoms with Gasteiger partial charge in [-0.1, -0.05) is 45.0 Å². The summed E-state index contributed by atoms with van der Waals surface area (Å²) in [7, 11) is 0. The molecule has 0 amide bonds. The first-order valence-electron chi connectivity index (χ1n) is 9.26. The van der Waals surface area contributed by atoms with E-state index in [2.05, 4.69) is 45.0 Å². The van der Waals surface area contributed by atoms with Crippen LogP contribution in [0.4, 0.5) is 0 Å². The molecule has 2 saturated heterocycles. The smallest absolute Gasteiger partial charge is 0.143 e. The van der Waals surface area contributed by atoms with Crippen molar-refractivity contribution >= 4 is 0 Å². The van der Waals surface area contributed by atoms with Gasteiger partial charge in [-0.2, -0.15) is 0 Å². The second kappa shape index (κ2) is 6.75. The molecule has 0 aromatic heterocycles. The minimum absolute atomic E-state index is 0.178. The molecule has 134 valence electrons. The lowest BCUT2D eigenvalue weighted by atomic mass is 9.86. The number of aliphatic hydroxyl groups is 3. The third kappa shape index (κ3) is 3.52. The maximum Gasteiger partial charge on any atom is 0.143 e. The van der Waals surface area contributed by atoms with Crippen LogP contribution in [0.25, 0.3) is 0 Å². The van der Waals surface area contributed by atoms with Crippen molar-refractivity contribution < 1.29 is 20.2 Å². The molecule has 24 heavy (non-hydrogen) atoms. The number of rotatable bonds is 3. The van der Waals surface area contributed by atoms with Crippen molar-refractivity contribution in [2.45, 2.75) is 82.3 Å². The molecule has 1 unspecified atom stereocenters. The number of hydrogen-bond donors (Lipinski definition) is 4. The quantitative estimate of drug-likeness (QED) is 0.648. The van der Waals surface area contributed by atoms with Crippen molar-refractivity contribution in [1.29, 1.82) is 0 Å². The van der Waals surface area contributed by atoms with Crippen molar-refractivity contribution in [3.05, 3.63) is 35.4 Å². The van der Waals surface area contributed by atoms with Crippen LogP contribution in [0.15, 0.2) is 24.3 Å². The number of hydrogen-bond acceptors (Lipinski definition) is 3. The number of nitrogens with one attached hydrogen (secondary N) is 1. The molecule has 3 rings (SSSR count). The molecule has 4 N–H and O–H groups in total. The largest absolute Gasteiger partial charge is 0.387 e. The van der Waals surface area contributed by atoms with Gasteiger partial charge in [0.15, 0.2) is 0 Å². The van der Waals surface area contributed by atoms with Crippen molar-refractivity contribution in [3.63, 3.8) is 0 Å². The summed E-state index contributed by atoms with van der Waals surface area (Å²) >= 11 is 0. The number of piperidine rings is 1. The molecule has 0 aliphatic carbocycles. The van der Waals surface area contributed by atoms with Gasteiger partial charge in [0, 0.05) is 12.8 Å². The topological polar surface area (TPSA) is 65.1 Å². The summed E-state index contributed by atoms with van der Waals surface area (Å²) in [6.45, 7) is 7.23. The van der Waals surface area contributed by atoms with Gasteiger partial charge in [-0.25, -0.2) is 0 Å². The lowest BCUT2D eigenvalue weighted by molar-refractivity contribution is -0.949. The van der Waals surface area contributed by atoms with Gasteiger partial charge in [0.2, 0.25) is 0 Å².